The lowest BCUT2D eigenvalue weighted by atomic mass is 10.1. The molecule has 1 aromatic carbocycles. The predicted octanol–water partition coefficient (Wildman–Crippen LogP) is 3.70. The largest absolute Gasteiger partial charge is 0.333 e. The Morgan fingerprint density at radius 3 is 2.50 bits per heavy atom. The first kappa shape index (κ1) is 15.9. The van der Waals surface area contributed by atoms with Crippen LogP contribution >= 0.6 is 0 Å². The van der Waals surface area contributed by atoms with Gasteiger partial charge in [-0.2, -0.15) is 5.10 Å². The summed E-state index contributed by atoms with van der Waals surface area (Å²) in [7, 11) is 1.83. The fourth-order valence-electron chi connectivity index (χ4n) is 2.81. The highest BCUT2D eigenvalue weighted by atomic mass is 16.2. The summed E-state index contributed by atoms with van der Waals surface area (Å²) in [5.74, 6) is -0.0105. The van der Waals surface area contributed by atoms with Gasteiger partial charge >= 0.3 is 0 Å². The Hall–Kier alpha value is -2.95. The number of pyridine rings is 1. The Kier molecular flexibility index (Phi) is 4.70. The summed E-state index contributed by atoms with van der Waals surface area (Å²) in [6.45, 7) is 2.06. The van der Waals surface area contributed by atoms with Crippen LogP contribution in [0.15, 0.2) is 60.9 Å². The molecule has 0 aliphatic heterocycles. The quantitative estimate of drug-likeness (QED) is 0.780. The molecular weight excluding hydrogens is 300 g/mol. The predicted molar refractivity (Wildman–Crippen MR) is 93.4 cm³/mol. The molecule has 0 aliphatic carbocycles. The Labute approximate surface area is 141 Å². The van der Waals surface area contributed by atoms with Crippen LogP contribution in [0.3, 0.4) is 0 Å². The molecule has 0 saturated carbocycles. The SMILES string of the molecule is CCC(c1ccccn1)N(C)C(=O)c1ccc(-c2ccn[nH]2)cc1. The second-order valence-electron chi connectivity index (χ2n) is 5.64. The first-order valence-electron chi connectivity index (χ1n) is 7.98. The van der Waals surface area contributed by atoms with Crippen LogP contribution in [-0.2, 0) is 0 Å². The molecule has 0 saturated heterocycles. The number of carbonyl (C=O) groups is 1. The first-order valence-corrected chi connectivity index (χ1v) is 7.98. The van der Waals surface area contributed by atoms with E-state index in [4.69, 9.17) is 0 Å². The molecule has 0 radical (unpaired) electrons. The fraction of sp³-hybridized carbons (Fsp3) is 0.211. The Balaban J connectivity index is 1.80. The van der Waals surface area contributed by atoms with Crippen LogP contribution in [0.4, 0.5) is 0 Å². The molecule has 5 heteroatoms. The van der Waals surface area contributed by atoms with E-state index < -0.39 is 0 Å². The zero-order valence-electron chi connectivity index (χ0n) is 13.8. The molecule has 3 rings (SSSR count). The van der Waals surface area contributed by atoms with Crippen molar-refractivity contribution in [3.8, 4) is 11.3 Å². The third-order valence-electron chi connectivity index (χ3n) is 4.15. The number of amides is 1. The minimum Gasteiger partial charge on any atom is -0.333 e. The summed E-state index contributed by atoms with van der Waals surface area (Å²) >= 11 is 0. The van der Waals surface area contributed by atoms with Crippen molar-refractivity contribution in [3.05, 3.63) is 72.2 Å². The fourth-order valence-corrected chi connectivity index (χ4v) is 2.81. The van der Waals surface area contributed by atoms with Crippen molar-refractivity contribution < 1.29 is 4.79 Å². The van der Waals surface area contributed by atoms with E-state index in [1.54, 1.807) is 17.3 Å². The molecule has 122 valence electrons. The second-order valence-corrected chi connectivity index (χ2v) is 5.64. The van der Waals surface area contributed by atoms with Crippen LogP contribution in [-0.4, -0.2) is 33.0 Å². The van der Waals surface area contributed by atoms with Crippen molar-refractivity contribution in [1.82, 2.24) is 20.1 Å². The van der Waals surface area contributed by atoms with Crippen molar-refractivity contribution in [2.24, 2.45) is 0 Å². The summed E-state index contributed by atoms with van der Waals surface area (Å²) < 4.78 is 0. The lowest BCUT2D eigenvalue weighted by Gasteiger charge is -2.27. The van der Waals surface area contributed by atoms with Gasteiger partial charge in [-0.15, -0.1) is 0 Å². The average molecular weight is 320 g/mol. The lowest BCUT2D eigenvalue weighted by Crippen LogP contribution is -2.31. The smallest absolute Gasteiger partial charge is 0.254 e. The molecule has 1 N–H and O–H groups in total. The molecule has 5 nitrogen and oxygen atoms in total. The highest BCUT2D eigenvalue weighted by molar-refractivity contribution is 5.94. The van der Waals surface area contributed by atoms with Crippen molar-refractivity contribution in [1.29, 1.82) is 0 Å². The summed E-state index contributed by atoms with van der Waals surface area (Å²) in [5, 5.41) is 6.87. The van der Waals surface area contributed by atoms with Gasteiger partial charge in [0, 0.05) is 25.0 Å². The van der Waals surface area contributed by atoms with Gasteiger partial charge in [-0.3, -0.25) is 14.9 Å². The molecule has 0 aliphatic rings. The number of aromatic nitrogens is 3. The second kappa shape index (κ2) is 7.08. The number of hydrogen-bond donors (Lipinski definition) is 1. The molecule has 3 aromatic rings. The van der Waals surface area contributed by atoms with E-state index in [9.17, 15) is 4.79 Å². The minimum atomic E-state index is -0.0361. The molecule has 2 heterocycles. The number of nitrogens with zero attached hydrogens (tertiary/aromatic N) is 3. The molecular formula is C19H20N4O. The average Bonchev–Trinajstić information content (AvgIpc) is 3.17. The maximum atomic E-state index is 12.8. The lowest BCUT2D eigenvalue weighted by molar-refractivity contribution is 0.0723. The Morgan fingerprint density at radius 2 is 1.92 bits per heavy atom. The maximum absolute atomic E-state index is 12.8. The van der Waals surface area contributed by atoms with Crippen LogP contribution in [0.25, 0.3) is 11.3 Å². The zero-order chi connectivity index (χ0) is 16.9. The Morgan fingerprint density at radius 1 is 1.12 bits per heavy atom. The monoisotopic (exact) mass is 320 g/mol. The van der Waals surface area contributed by atoms with E-state index in [2.05, 4.69) is 22.1 Å². The van der Waals surface area contributed by atoms with Gasteiger partial charge in [-0.05, 0) is 42.3 Å². The van der Waals surface area contributed by atoms with E-state index in [0.717, 1.165) is 23.4 Å². The molecule has 0 bridgehead atoms. The van der Waals surface area contributed by atoms with Gasteiger partial charge in [-0.25, -0.2) is 0 Å². The molecule has 2 aromatic heterocycles. The van der Waals surface area contributed by atoms with Crippen LogP contribution in [0.5, 0.6) is 0 Å². The van der Waals surface area contributed by atoms with Gasteiger partial charge in [0.2, 0.25) is 0 Å². The van der Waals surface area contributed by atoms with Gasteiger partial charge < -0.3 is 4.90 Å². The van der Waals surface area contributed by atoms with Gasteiger partial charge in [-0.1, -0.05) is 25.1 Å². The maximum Gasteiger partial charge on any atom is 0.254 e. The van der Waals surface area contributed by atoms with E-state index >= 15 is 0 Å². The Bertz CT molecular complexity index is 782. The number of rotatable bonds is 5. The van der Waals surface area contributed by atoms with Crippen molar-refractivity contribution >= 4 is 5.91 Å². The van der Waals surface area contributed by atoms with E-state index in [1.165, 1.54) is 0 Å². The minimum absolute atomic E-state index is 0.0105. The molecule has 0 fully saturated rings. The highest BCUT2D eigenvalue weighted by Crippen LogP contribution is 2.23. The van der Waals surface area contributed by atoms with Crippen molar-refractivity contribution in [2.45, 2.75) is 19.4 Å². The summed E-state index contributed by atoms with van der Waals surface area (Å²) in [6.07, 6.45) is 4.28. The zero-order valence-corrected chi connectivity index (χ0v) is 13.8. The number of benzene rings is 1. The van der Waals surface area contributed by atoms with Crippen LogP contribution in [0.2, 0.25) is 0 Å². The summed E-state index contributed by atoms with van der Waals surface area (Å²) in [4.78, 5) is 18.9. The number of aromatic amines is 1. The van der Waals surface area contributed by atoms with Crippen LogP contribution < -0.4 is 0 Å². The third kappa shape index (κ3) is 3.20. The topological polar surface area (TPSA) is 61.9 Å². The number of H-pyrrole nitrogens is 1. The summed E-state index contributed by atoms with van der Waals surface area (Å²) in [5.41, 5.74) is 3.51. The molecule has 1 amide bonds. The van der Waals surface area contributed by atoms with Crippen molar-refractivity contribution in [2.75, 3.05) is 7.05 Å². The number of nitrogens with one attached hydrogen (secondary N) is 1. The molecule has 1 atom stereocenters. The van der Waals surface area contributed by atoms with Crippen LogP contribution in [0, 0.1) is 0 Å². The van der Waals surface area contributed by atoms with Crippen molar-refractivity contribution in [3.63, 3.8) is 0 Å². The number of hydrogen-bond acceptors (Lipinski definition) is 3. The molecule has 0 spiro atoms. The normalized spacial score (nSPS) is 11.9. The van der Waals surface area contributed by atoms with Crippen LogP contribution in [0.1, 0.15) is 35.4 Å². The number of carbonyl (C=O) groups excluding carboxylic acids is 1. The molecule has 1 unspecified atom stereocenters. The standard InChI is InChI=1S/C19H20N4O/c1-3-18(17-6-4-5-12-20-17)23(2)19(24)15-9-7-14(8-10-15)16-11-13-21-22-16/h4-13,18H,3H2,1-2H3,(H,21,22). The van der Waals surface area contributed by atoms with Gasteiger partial charge in [0.05, 0.1) is 17.4 Å². The third-order valence-corrected chi connectivity index (χ3v) is 4.15. The van der Waals surface area contributed by atoms with Gasteiger partial charge in [0.15, 0.2) is 0 Å². The van der Waals surface area contributed by atoms with E-state index in [-0.39, 0.29) is 11.9 Å². The van der Waals surface area contributed by atoms with Gasteiger partial charge in [0.25, 0.3) is 5.91 Å². The highest BCUT2D eigenvalue weighted by Gasteiger charge is 2.22. The van der Waals surface area contributed by atoms with Gasteiger partial charge in [0.1, 0.15) is 0 Å². The van der Waals surface area contributed by atoms with E-state index in [0.29, 0.717) is 5.56 Å². The van der Waals surface area contributed by atoms with E-state index in [1.807, 2.05) is 55.6 Å². The summed E-state index contributed by atoms with van der Waals surface area (Å²) in [6, 6.07) is 15.2. The molecule has 24 heavy (non-hydrogen) atoms. The first-order chi connectivity index (χ1) is 11.7.